The molecule has 28 heavy (non-hydrogen) atoms. The molecule has 2 aromatic heterocycles. The van der Waals surface area contributed by atoms with E-state index >= 15 is 0 Å². The van der Waals surface area contributed by atoms with Crippen LogP contribution in [0, 0.1) is 0 Å². The summed E-state index contributed by atoms with van der Waals surface area (Å²) in [5, 5.41) is 1.32. The number of alkyl halides is 3. The van der Waals surface area contributed by atoms with E-state index in [2.05, 4.69) is 15.0 Å². The molecule has 142 valence electrons. The number of fused-ring (bicyclic) bond motifs is 1. The van der Waals surface area contributed by atoms with Crippen LogP contribution in [0.5, 0.6) is 5.75 Å². The van der Waals surface area contributed by atoms with Gasteiger partial charge in [-0.25, -0.2) is 9.97 Å². The zero-order valence-corrected chi connectivity index (χ0v) is 15.4. The molecule has 1 N–H and O–H groups in total. The minimum atomic E-state index is -4.38. The fourth-order valence-corrected chi connectivity index (χ4v) is 3.71. The van der Waals surface area contributed by atoms with Gasteiger partial charge in [-0.05, 0) is 36.4 Å². The number of benzene rings is 2. The molecule has 0 bridgehead atoms. The van der Waals surface area contributed by atoms with E-state index in [0.29, 0.717) is 15.6 Å². The smallest absolute Gasteiger partial charge is 0.416 e. The fourth-order valence-electron chi connectivity index (χ4n) is 2.79. The predicted octanol–water partition coefficient (Wildman–Crippen LogP) is 5.80. The van der Waals surface area contributed by atoms with Crippen molar-refractivity contribution >= 4 is 22.8 Å². The average Bonchev–Trinajstić information content (AvgIpc) is 3.13. The molecule has 0 aliphatic carbocycles. The first-order valence-corrected chi connectivity index (χ1v) is 9.09. The molecule has 0 aliphatic rings. The van der Waals surface area contributed by atoms with Gasteiger partial charge in [0, 0.05) is 16.2 Å². The molecule has 0 atom stereocenters. The zero-order valence-electron chi connectivity index (χ0n) is 14.6. The van der Waals surface area contributed by atoms with Gasteiger partial charge in [0.2, 0.25) is 0 Å². The van der Waals surface area contributed by atoms with Crippen molar-refractivity contribution < 1.29 is 17.9 Å². The Morgan fingerprint density at radius 1 is 1.00 bits per heavy atom. The van der Waals surface area contributed by atoms with Crippen LogP contribution in [-0.2, 0) is 6.18 Å². The molecule has 8 heteroatoms. The van der Waals surface area contributed by atoms with Crippen molar-refractivity contribution in [3.8, 4) is 17.0 Å². The number of hydrogen-bond donors (Lipinski definition) is 1. The van der Waals surface area contributed by atoms with Gasteiger partial charge in [-0.3, -0.25) is 0 Å². The van der Waals surface area contributed by atoms with Gasteiger partial charge in [-0.2, -0.15) is 13.2 Å². The molecule has 2 aromatic carbocycles. The second-order valence-electron chi connectivity index (χ2n) is 5.98. The van der Waals surface area contributed by atoms with Crippen LogP contribution in [0.4, 0.5) is 13.2 Å². The largest absolute Gasteiger partial charge is 0.497 e. The minimum Gasteiger partial charge on any atom is -0.497 e. The van der Waals surface area contributed by atoms with Crippen LogP contribution in [0.3, 0.4) is 0 Å². The highest BCUT2D eigenvalue weighted by Crippen LogP contribution is 2.37. The molecule has 0 radical (unpaired) electrons. The van der Waals surface area contributed by atoms with E-state index in [1.54, 1.807) is 13.2 Å². The summed E-state index contributed by atoms with van der Waals surface area (Å²) in [6.07, 6.45) is -2.99. The van der Waals surface area contributed by atoms with Gasteiger partial charge >= 0.3 is 6.18 Å². The van der Waals surface area contributed by atoms with Crippen molar-refractivity contribution in [1.29, 1.82) is 0 Å². The first kappa shape index (κ1) is 18.4. The number of nitrogens with one attached hydrogen (secondary N) is 1. The van der Waals surface area contributed by atoms with E-state index in [1.807, 2.05) is 30.3 Å². The Kier molecular flexibility index (Phi) is 4.72. The number of ether oxygens (including phenoxy) is 1. The molecule has 2 heterocycles. The molecule has 0 saturated carbocycles. The van der Waals surface area contributed by atoms with Gasteiger partial charge in [-0.1, -0.05) is 30.0 Å². The van der Waals surface area contributed by atoms with Crippen molar-refractivity contribution in [1.82, 2.24) is 15.0 Å². The SMILES string of the molecule is COc1cccc(-c2cc3c(Sc4cccc(C(F)(F)F)c4)ncnc3[nH]2)c1. The quantitative estimate of drug-likeness (QED) is 0.439. The first-order chi connectivity index (χ1) is 13.4. The molecule has 0 unspecified atom stereocenters. The lowest BCUT2D eigenvalue weighted by atomic mass is 10.1. The minimum absolute atomic E-state index is 0.457. The summed E-state index contributed by atoms with van der Waals surface area (Å²) in [6, 6.07) is 14.6. The third-order valence-electron chi connectivity index (χ3n) is 4.15. The molecule has 0 aliphatic heterocycles. The maximum atomic E-state index is 13.0. The van der Waals surface area contributed by atoms with Crippen LogP contribution < -0.4 is 4.74 Å². The summed E-state index contributed by atoms with van der Waals surface area (Å²) >= 11 is 1.17. The Hall–Kier alpha value is -3.00. The lowest BCUT2D eigenvalue weighted by Crippen LogP contribution is -2.04. The standard InChI is InChI=1S/C20H14F3N3OS/c1-27-14-6-2-4-12(8-14)17-10-16-18(26-17)24-11-25-19(16)28-15-7-3-5-13(9-15)20(21,22)23/h2-11H,1H3,(H,24,25,26). The second kappa shape index (κ2) is 7.20. The van der Waals surface area contributed by atoms with Gasteiger partial charge in [0.15, 0.2) is 0 Å². The van der Waals surface area contributed by atoms with Gasteiger partial charge < -0.3 is 9.72 Å². The van der Waals surface area contributed by atoms with Crippen LogP contribution in [0.15, 0.2) is 70.8 Å². The van der Waals surface area contributed by atoms with Gasteiger partial charge in [-0.15, -0.1) is 0 Å². The summed E-state index contributed by atoms with van der Waals surface area (Å²) in [4.78, 5) is 12.2. The van der Waals surface area contributed by atoms with Crippen molar-refractivity contribution in [2.24, 2.45) is 0 Å². The van der Waals surface area contributed by atoms with E-state index < -0.39 is 11.7 Å². The summed E-state index contributed by atoms with van der Waals surface area (Å²) < 4.78 is 44.1. The third kappa shape index (κ3) is 3.68. The second-order valence-corrected chi connectivity index (χ2v) is 7.05. The molecule has 4 nitrogen and oxygen atoms in total. The summed E-state index contributed by atoms with van der Waals surface area (Å²) in [6.45, 7) is 0. The van der Waals surface area contributed by atoms with E-state index in [4.69, 9.17) is 4.74 Å². The van der Waals surface area contributed by atoms with Crippen molar-refractivity contribution in [3.05, 3.63) is 66.5 Å². The number of nitrogens with zero attached hydrogens (tertiary/aromatic N) is 2. The third-order valence-corrected chi connectivity index (χ3v) is 5.15. The van der Waals surface area contributed by atoms with Crippen LogP contribution in [0.2, 0.25) is 0 Å². The normalized spacial score (nSPS) is 11.7. The Morgan fingerprint density at radius 3 is 2.61 bits per heavy atom. The summed E-state index contributed by atoms with van der Waals surface area (Å²) in [5.74, 6) is 0.723. The highest BCUT2D eigenvalue weighted by Gasteiger charge is 2.30. The van der Waals surface area contributed by atoms with Crippen LogP contribution in [-0.4, -0.2) is 22.1 Å². The Labute approximate surface area is 162 Å². The van der Waals surface area contributed by atoms with E-state index in [0.717, 1.165) is 34.5 Å². The number of hydrogen-bond acceptors (Lipinski definition) is 4. The summed E-state index contributed by atoms with van der Waals surface area (Å²) in [5.41, 5.74) is 1.66. The Bertz CT molecular complexity index is 1140. The number of halogens is 3. The van der Waals surface area contributed by atoms with E-state index in [-0.39, 0.29) is 0 Å². The van der Waals surface area contributed by atoms with Crippen LogP contribution >= 0.6 is 11.8 Å². The molecular weight excluding hydrogens is 387 g/mol. The van der Waals surface area contributed by atoms with E-state index in [9.17, 15) is 13.2 Å². The molecule has 0 saturated heterocycles. The number of aromatic amines is 1. The first-order valence-electron chi connectivity index (χ1n) is 8.27. The molecule has 0 spiro atoms. The van der Waals surface area contributed by atoms with Gasteiger partial charge in [0.25, 0.3) is 0 Å². The number of H-pyrrole nitrogens is 1. The molecule has 0 fully saturated rings. The zero-order chi connectivity index (χ0) is 19.7. The summed E-state index contributed by atoms with van der Waals surface area (Å²) in [7, 11) is 1.60. The molecular formula is C20H14F3N3OS. The van der Waals surface area contributed by atoms with Crippen LogP contribution in [0.1, 0.15) is 5.56 Å². The van der Waals surface area contributed by atoms with Crippen molar-refractivity contribution in [2.75, 3.05) is 7.11 Å². The number of aromatic nitrogens is 3. The Morgan fingerprint density at radius 2 is 1.82 bits per heavy atom. The molecule has 4 rings (SSSR count). The van der Waals surface area contributed by atoms with Crippen LogP contribution in [0.25, 0.3) is 22.3 Å². The lowest BCUT2D eigenvalue weighted by Gasteiger charge is -2.08. The maximum absolute atomic E-state index is 13.0. The predicted molar refractivity (Wildman–Crippen MR) is 101 cm³/mol. The molecule has 0 amide bonds. The lowest BCUT2D eigenvalue weighted by molar-refractivity contribution is -0.137. The maximum Gasteiger partial charge on any atom is 0.416 e. The fraction of sp³-hybridized carbons (Fsp3) is 0.100. The monoisotopic (exact) mass is 401 g/mol. The van der Waals surface area contributed by atoms with Crippen molar-refractivity contribution in [2.45, 2.75) is 16.1 Å². The highest BCUT2D eigenvalue weighted by atomic mass is 32.2. The van der Waals surface area contributed by atoms with E-state index in [1.165, 1.54) is 24.2 Å². The molecule has 4 aromatic rings. The number of methoxy groups -OCH3 is 1. The average molecular weight is 401 g/mol. The van der Waals surface area contributed by atoms with Crippen molar-refractivity contribution in [3.63, 3.8) is 0 Å². The van der Waals surface area contributed by atoms with Gasteiger partial charge in [0.1, 0.15) is 22.7 Å². The Balaban J connectivity index is 1.72. The van der Waals surface area contributed by atoms with Gasteiger partial charge in [0.05, 0.1) is 18.1 Å². The number of rotatable bonds is 4. The highest BCUT2D eigenvalue weighted by molar-refractivity contribution is 7.99. The topological polar surface area (TPSA) is 50.8 Å².